The summed E-state index contributed by atoms with van der Waals surface area (Å²) in [5.41, 5.74) is 1.47. The van der Waals surface area contributed by atoms with Gasteiger partial charge in [-0.25, -0.2) is 0 Å². The first-order valence-corrected chi connectivity index (χ1v) is 6.94. The van der Waals surface area contributed by atoms with Gasteiger partial charge in [0.05, 0.1) is 13.2 Å². The summed E-state index contributed by atoms with van der Waals surface area (Å²) in [5.74, 6) is -0.559. The first-order valence-electron chi connectivity index (χ1n) is 5.38. The van der Waals surface area contributed by atoms with Crippen molar-refractivity contribution in [3.05, 3.63) is 29.8 Å². The third-order valence-electron chi connectivity index (χ3n) is 2.65. The van der Waals surface area contributed by atoms with Gasteiger partial charge in [0.15, 0.2) is 0 Å². The molecule has 0 aromatic heterocycles. The molecule has 1 fully saturated rings. The van der Waals surface area contributed by atoms with Crippen LogP contribution in [-0.4, -0.2) is 34.7 Å². The monoisotopic (exact) mass is 259 g/mol. The predicted octanol–water partition coefficient (Wildman–Crippen LogP) is 1.32. The quantitative estimate of drug-likeness (QED) is 0.768. The highest BCUT2D eigenvalue weighted by molar-refractivity contribution is 7.85. The molecule has 0 saturated carbocycles. The molecule has 94 valence electrons. The Kier molecular flexibility index (Phi) is 3.63. The zero-order chi connectivity index (χ0) is 12.3. The van der Waals surface area contributed by atoms with Crippen LogP contribution in [0.3, 0.4) is 0 Å². The van der Waals surface area contributed by atoms with Gasteiger partial charge in [0.1, 0.15) is 5.75 Å². The van der Waals surface area contributed by atoms with Crippen molar-refractivity contribution in [2.24, 2.45) is 0 Å². The van der Waals surface area contributed by atoms with Crippen LogP contribution >= 0.6 is 0 Å². The highest BCUT2D eigenvalue weighted by atomic mass is 32.3. The molecule has 4 nitrogen and oxygen atoms in total. The molecule has 0 aliphatic carbocycles. The van der Waals surface area contributed by atoms with E-state index in [1.54, 1.807) is 12.1 Å². The molecule has 6 heteroatoms. The lowest BCUT2D eigenvalue weighted by molar-refractivity contribution is 0.122. The summed E-state index contributed by atoms with van der Waals surface area (Å²) in [6.07, 6.45) is 0. The minimum Gasteiger partial charge on any atom is -0.378 e. The van der Waals surface area contributed by atoms with Gasteiger partial charge >= 0.3 is 10.2 Å². The number of ether oxygens (including phenoxy) is 1. The van der Waals surface area contributed by atoms with Crippen LogP contribution < -0.4 is 4.90 Å². The standard InChI is InChI=1S/C11H14FNO3S/c12-17(14,15)9-10-1-3-11(4-2-10)13-5-7-16-8-6-13/h1-4H,5-9H2. The molecule has 17 heavy (non-hydrogen) atoms. The summed E-state index contributed by atoms with van der Waals surface area (Å²) in [4.78, 5) is 2.15. The number of benzene rings is 1. The Labute approximate surface area is 100 Å². The Balaban J connectivity index is 2.07. The van der Waals surface area contributed by atoms with Crippen LogP contribution in [0.15, 0.2) is 24.3 Å². The van der Waals surface area contributed by atoms with Crippen molar-refractivity contribution < 1.29 is 17.0 Å². The Morgan fingerprint density at radius 1 is 1.18 bits per heavy atom. The fourth-order valence-electron chi connectivity index (χ4n) is 1.82. The number of halogens is 1. The van der Waals surface area contributed by atoms with Crippen LogP contribution in [0.4, 0.5) is 9.57 Å². The van der Waals surface area contributed by atoms with Crippen molar-refractivity contribution in [2.45, 2.75) is 5.75 Å². The van der Waals surface area contributed by atoms with E-state index < -0.39 is 16.0 Å². The lowest BCUT2D eigenvalue weighted by Crippen LogP contribution is -2.36. The van der Waals surface area contributed by atoms with Gasteiger partial charge < -0.3 is 9.64 Å². The summed E-state index contributed by atoms with van der Waals surface area (Å²) < 4.78 is 38.7. The molecule has 1 aliphatic rings. The normalized spacial score (nSPS) is 17.1. The molecule has 0 spiro atoms. The van der Waals surface area contributed by atoms with Gasteiger partial charge in [0.2, 0.25) is 0 Å². The Morgan fingerprint density at radius 3 is 2.29 bits per heavy atom. The van der Waals surface area contributed by atoms with Gasteiger partial charge in [-0.2, -0.15) is 8.42 Å². The van der Waals surface area contributed by atoms with Crippen molar-refractivity contribution in [1.29, 1.82) is 0 Å². The molecule has 0 atom stereocenters. The summed E-state index contributed by atoms with van der Waals surface area (Å²) in [6.45, 7) is 3.03. The molecule has 1 aliphatic heterocycles. The molecule has 0 unspecified atom stereocenters. The second-order valence-corrected chi connectivity index (χ2v) is 5.32. The van der Waals surface area contributed by atoms with Crippen LogP contribution in [0, 0.1) is 0 Å². The third-order valence-corrected chi connectivity index (χ3v) is 3.33. The first kappa shape index (κ1) is 12.3. The molecule has 0 radical (unpaired) electrons. The first-order chi connectivity index (χ1) is 8.04. The summed E-state index contributed by atoms with van der Waals surface area (Å²) in [5, 5.41) is 0. The van der Waals surface area contributed by atoms with E-state index >= 15 is 0 Å². The van der Waals surface area contributed by atoms with Crippen molar-refractivity contribution in [2.75, 3.05) is 31.2 Å². The van der Waals surface area contributed by atoms with E-state index in [-0.39, 0.29) is 0 Å². The van der Waals surface area contributed by atoms with Crippen molar-refractivity contribution in [3.63, 3.8) is 0 Å². The van der Waals surface area contributed by atoms with E-state index in [1.807, 2.05) is 12.1 Å². The minimum absolute atomic E-state index is 0.463. The number of morpholine rings is 1. The Bertz CT molecular complexity index is 466. The average Bonchev–Trinajstić information content (AvgIpc) is 2.29. The third kappa shape index (κ3) is 3.67. The van der Waals surface area contributed by atoms with Gasteiger partial charge in [-0.1, -0.05) is 12.1 Å². The lowest BCUT2D eigenvalue weighted by atomic mass is 10.2. The van der Waals surface area contributed by atoms with Gasteiger partial charge in [-0.05, 0) is 17.7 Å². The second kappa shape index (κ2) is 5.01. The zero-order valence-corrected chi connectivity index (χ0v) is 10.1. The maximum atomic E-state index is 12.5. The molecular weight excluding hydrogens is 245 g/mol. The molecule has 1 heterocycles. The van der Waals surface area contributed by atoms with Gasteiger partial charge in [-0.3, -0.25) is 0 Å². The molecule has 2 rings (SSSR count). The predicted molar refractivity (Wildman–Crippen MR) is 63.2 cm³/mol. The molecular formula is C11H14FNO3S. The number of anilines is 1. The molecule has 1 aromatic carbocycles. The number of hydrogen-bond acceptors (Lipinski definition) is 4. The summed E-state index contributed by atoms with van der Waals surface area (Å²) in [6, 6.07) is 6.90. The number of rotatable bonds is 3. The second-order valence-electron chi connectivity index (χ2n) is 3.95. The van der Waals surface area contributed by atoms with Gasteiger partial charge in [-0.15, -0.1) is 3.89 Å². The van der Waals surface area contributed by atoms with Crippen LogP contribution in [0.25, 0.3) is 0 Å². The van der Waals surface area contributed by atoms with Crippen LogP contribution in [0.1, 0.15) is 5.56 Å². The fourth-order valence-corrected chi connectivity index (χ4v) is 2.41. The molecule has 1 aromatic rings. The van der Waals surface area contributed by atoms with E-state index in [1.165, 1.54) is 0 Å². The Hall–Kier alpha value is -1.14. The van der Waals surface area contributed by atoms with E-state index in [2.05, 4.69) is 4.90 Å². The number of nitrogens with zero attached hydrogens (tertiary/aromatic N) is 1. The molecule has 1 saturated heterocycles. The van der Waals surface area contributed by atoms with Crippen LogP contribution in [0.5, 0.6) is 0 Å². The van der Waals surface area contributed by atoms with Crippen molar-refractivity contribution >= 4 is 15.9 Å². The topological polar surface area (TPSA) is 46.6 Å². The maximum Gasteiger partial charge on any atom is 0.306 e. The highest BCUT2D eigenvalue weighted by Gasteiger charge is 2.12. The largest absolute Gasteiger partial charge is 0.378 e. The maximum absolute atomic E-state index is 12.5. The minimum atomic E-state index is -4.45. The zero-order valence-electron chi connectivity index (χ0n) is 9.30. The van der Waals surface area contributed by atoms with Crippen molar-refractivity contribution in [1.82, 2.24) is 0 Å². The van der Waals surface area contributed by atoms with Gasteiger partial charge in [0, 0.05) is 18.8 Å². The van der Waals surface area contributed by atoms with Crippen LogP contribution in [-0.2, 0) is 20.7 Å². The van der Waals surface area contributed by atoms with Crippen molar-refractivity contribution in [3.8, 4) is 0 Å². The van der Waals surface area contributed by atoms with Gasteiger partial charge in [0.25, 0.3) is 0 Å². The number of hydrogen-bond donors (Lipinski definition) is 0. The molecule has 0 amide bonds. The Morgan fingerprint density at radius 2 is 1.76 bits per heavy atom. The van der Waals surface area contributed by atoms with E-state index in [4.69, 9.17) is 4.74 Å². The van der Waals surface area contributed by atoms with E-state index in [9.17, 15) is 12.3 Å². The SMILES string of the molecule is O=S(=O)(F)Cc1ccc(N2CCOCC2)cc1. The summed E-state index contributed by atoms with van der Waals surface area (Å²) >= 11 is 0. The highest BCUT2D eigenvalue weighted by Crippen LogP contribution is 2.18. The lowest BCUT2D eigenvalue weighted by Gasteiger charge is -2.28. The fraction of sp³-hybridized carbons (Fsp3) is 0.455. The smallest absolute Gasteiger partial charge is 0.306 e. The average molecular weight is 259 g/mol. The molecule has 0 N–H and O–H groups in total. The summed E-state index contributed by atoms with van der Waals surface area (Å²) in [7, 11) is -4.45. The van der Waals surface area contributed by atoms with E-state index in [0.717, 1.165) is 18.8 Å². The molecule has 0 bridgehead atoms. The van der Waals surface area contributed by atoms with E-state index in [0.29, 0.717) is 18.8 Å². The van der Waals surface area contributed by atoms with Crippen LogP contribution in [0.2, 0.25) is 0 Å².